The van der Waals surface area contributed by atoms with Crippen molar-refractivity contribution in [3.8, 4) is 0 Å². The van der Waals surface area contributed by atoms with E-state index in [1.165, 1.54) is 0 Å². The number of halogens is 1. The third-order valence-corrected chi connectivity index (χ3v) is 8.48. The fraction of sp³-hybridized carbons (Fsp3) is 0.640. The minimum Gasteiger partial charge on any atom is -0.444 e. The van der Waals surface area contributed by atoms with E-state index in [0.29, 0.717) is 59.8 Å². The van der Waals surface area contributed by atoms with E-state index < -0.39 is 34.5 Å². The van der Waals surface area contributed by atoms with Gasteiger partial charge in [0.25, 0.3) is 0 Å². The quantitative estimate of drug-likeness (QED) is 0.553. The molecule has 5 rings (SSSR count). The van der Waals surface area contributed by atoms with Crippen LogP contribution in [0.4, 0.5) is 16.6 Å². The number of hydrogen-bond acceptors (Lipinski definition) is 9. The normalized spacial score (nSPS) is 22.4. The molecule has 1 unspecified atom stereocenters. The predicted molar refractivity (Wildman–Crippen MR) is 143 cm³/mol. The molecule has 1 aliphatic carbocycles. The first kappa shape index (κ1) is 23.6. The van der Waals surface area contributed by atoms with E-state index in [2.05, 4.69) is 25.5 Å². The molecule has 1 saturated carbocycles. The summed E-state index contributed by atoms with van der Waals surface area (Å²) in [7, 11) is -1.29. The maximum Gasteiger partial charge on any atom is 0.407 e. The van der Waals surface area contributed by atoms with Gasteiger partial charge in [0.2, 0.25) is 5.95 Å². The number of nitrogens with zero attached hydrogens (tertiary/aromatic N) is 5. The molecule has 12 heteroatoms. The number of carbonyl (C=O) groups excluding carboxylic acids is 1. The van der Waals surface area contributed by atoms with Crippen LogP contribution in [0.3, 0.4) is 0 Å². The Labute approximate surface area is 227 Å². The summed E-state index contributed by atoms with van der Waals surface area (Å²) in [5.41, 5.74) is -1.15. The first-order valence-corrected chi connectivity index (χ1v) is 14.4. The van der Waals surface area contributed by atoms with Crippen LogP contribution in [0.1, 0.15) is 73.1 Å². The number of aromatic nitrogens is 4. The Balaban J connectivity index is 1.37. The van der Waals surface area contributed by atoms with Gasteiger partial charge in [0.15, 0.2) is 0 Å². The number of nitrogens with one attached hydrogen (secondary N) is 2. The van der Waals surface area contributed by atoms with Crippen molar-refractivity contribution >= 4 is 40.3 Å². The van der Waals surface area contributed by atoms with Gasteiger partial charge < -0.3 is 20.3 Å². The van der Waals surface area contributed by atoms with Crippen LogP contribution in [0.25, 0.3) is 0 Å². The van der Waals surface area contributed by atoms with E-state index in [4.69, 9.17) is 29.0 Å². The molecule has 2 aromatic rings. The maximum atomic E-state index is 12.9. The van der Waals surface area contributed by atoms with Gasteiger partial charge in [-0.25, -0.2) is 19.7 Å². The van der Waals surface area contributed by atoms with Crippen LogP contribution in [0, 0.1) is 0 Å². The van der Waals surface area contributed by atoms with Crippen LogP contribution in [0.2, 0.25) is 5.02 Å². The summed E-state index contributed by atoms with van der Waals surface area (Å²) in [5.74, 6) is 2.35. The Morgan fingerprint density at radius 3 is 2.59 bits per heavy atom. The second-order valence-corrected chi connectivity index (χ2v) is 12.7. The van der Waals surface area contributed by atoms with Crippen molar-refractivity contribution < 1.29 is 16.5 Å². The van der Waals surface area contributed by atoms with Crippen molar-refractivity contribution in [2.45, 2.75) is 81.2 Å². The van der Waals surface area contributed by atoms with Crippen LogP contribution in [0.5, 0.6) is 0 Å². The molecule has 2 N–H and O–H groups in total. The molecule has 0 radical (unpaired) electrons. The highest BCUT2D eigenvalue weighted by Crippen LogP contribution is 2.39. The molecule has 2 fully saturated rings. The zero-order valence-corrected chi connectivity index (χ0v) is 22.9. The lowest BCUT2D eigenvalue weighted by Gasteiger charge is -2.43. The highest BCUT2D eigenvalue weighted by molar-refractivity contribution is 7.85. The highest BCUT2D eigenvalue weighted by Gasteiger charge is 2.40. The summed E-state index contributed by atoms with van der Waals surface area (Å²) < 4.78 is 35.8. The van der Waals surface area contributed by atoms with E-state index in [9.17, 15) is 9.00 Å². The standard InChI is InChI=1S/C25H34ClN7O3S/c1-24(2,3)36-23(34)29-15-25(8-4-9-25)32-21-19-18(7-12-37(19)35)30-22(31-21)33-10-5-16(6-11-33)20-27-13-17(26)14-28-20/h13-14,16H,4-12,15H2,1-3H3,(H,29,34)(H,30,31,32)/i15D2. The van der Waals surface area contributed by atoms with Crippen LogP contribution in [-0.2, 0) is 22.0 Å². The van der Waals surface area contributed by atoms with Crippen molar-refractivity contribution in [1.82, 2.24) is 25.3 Å². The Kier molecular flexibility index (Phi) is 6.58. The number of aryl methyl sites for hydroxylation is 1. The molecule has 4 heterocycles. The topological polar surface area (TPSA) is 122 Å². The molecule has 37 heavy (non-hydrogen) atoms. The van der Waals surface area contributed by atoms with Gasteiger partial charge in [-0.05, 0) is 52.9 Å². The smallest absolute Gasteiger partial charge is 0.407 e. The molecule has 1 saturated heterocycles. The molecule has 2 aromatic heterocycles. The number of amides is 1. The number of fused-ring (bicyclic) bond motifs is 1. The molecule has 0 aromatic carbocycles. The summed E-state index contributed by atoms with van der Waals surface area (Å²) in [5, 5.41) is 6.23. The van der Waals surface area contributed by atoms with E-state index in [0.717, 1.165) is 30.8 Å². The first-order chi connectivity index (χ1) is 18.4. The maximum absolute atomic E-state index is 12.9. The molecule has 2 aliphatic heterocycles. The van der Waals surface area contributed by atoms with E-state index in [1.807, 2.05) is 0 Å². The highest BCUT2D eigenvalue weighted by atomic mass is 35.5. The molecular formula is C25H34ClN7O3S. The van der Waals surface area contributed by atoms with Gasteiger partial charge in [0.1, 0.15) is 22.1 Å². The number of ether oxygens (including phenoxy) is 1. The number of rotatable bonds is 6. The summed E-state index contributed by atoms with van der Waals surface area (Å²) in [6, 6.07) is 0. The monoisotopic (exact) mass is 549 g/mol. The van der Waals surface area contributed by atoms with Crippen molar-refractivity contribution in [2.75, 3.05) is 35.6 Å². The third-order valence-electron chi connectivity index (χ3n) is 6.83. The lowest BCUT2D eigenvalue weighted by atomic mass is 9.76. The SMILES string of the molecule is [2H]C([2H])(NC(=O)OC(C)(C)C)C1(Nc2nc(N3CCC(c4ncc(Cl)cn4)CC3)nc3c2S(=O)CC3)CCC1. The van der Waals surface area contributed by atoms with Gasteiger partial charge in [0.05, 0.1) is 29.8 Å². The van der Waals surface area contributed by atoms with Crippen LogP contribution >= 0.6 is 11.6 Å². The van der Waals surface area contributed by atoms with Gasteiger partial charge >= 0.3 is 6.09 Å². The van der Waals surface area contributed by atoms with E-state index >= 15 is 0 Å². The van der Waals surface area contributed by atoms with E-state index in [-0.39, 0.29) is 5.92 Å². The van der Waals surface area contributed by atoms with Crippen LogP contribution in [0.15, 0.2) is 17.3 Å². The third kappa shape index (κ3) is 5.98. The van der Waals surface area contributed by atoms with Gasteiger partial charge in [-0.15, -0.1) is 0 Å². The molecule has 10 nitrogen and oxygen atoms in total. The second-order valence-electron chi connectivity index (χ2n) is 10.8. The average molecular weight is 550 g/mol. The number of anilines is 2. The minimum atomic E-state index is -2.14. The number of alkyl carbamates (subject to hydrolysis) is 1. The van der Waals surface area contributed by atoms with Crippen molar-refractivity contribution in [3.05, 3.63) is 28.9 Å². The van der Waals surface area contributed by atoms with Crippen LogP contribution in [-0.4, -0.2) is 66.7 Å². The first-order valence-electron chi connectivity index (χ1n) is 13.7. The Morgan fingerprint density at radius 1 is 1.27 bits per heavy atom. The summed E-state index contributed by atoms with van der Waals surface area (Å²) in [6.45, 7) is 4.44. The lowest BCUT2D eigenvalue weighted by molar-refractivity contribution is 0.0506. The largest absolute Gasteiger partial charge is 0.444 e. The molecular weight excluding hydrogens is 514 g/mol. The van der Waals surface area contributed by atoms with Gasteiger partial charge in [-0.1, -0.05) is 11.6 Å². The molecule has 200 valence electrons. The zero-order valence-electron chi connectivity index (χ0n) is 23.3. The van der Waals surface area contributed by atoms with Gasteiger partial charge in [-0.3, -0.25) is 4.21 Å². The Hall–Kier alpha value is -2.53. The fourth-order valence-electron chi connectivity index (χ4n) is 4.79. The number of hydrogen-bond donors (Lipinski definition) is 2. The average Bonchev–Trinajstić information content (AvgIpc) is 3.21. The van der Waals surface area contributed by atoms with Crippen molar-refractivity contribution in [3.63, 3.8) is 0 Å². The Bertz CT molecular complexity index is 1260. The second kappa shape index (κ2) is 10.3. The molecule has 0 bridgehead atoms. The molecule has 1 atom stereocenters. The fourth-order valence-corrected chi connectivity index (χ4v) is 6.20. The minimum absolute atomic E-state index is 0.211. The van der Waals surface area contributed by atoms with Gasteiger partial charge in [0, 0.05) is 50.1 Å². The summed E-state index contributed by atoms with van der Waals surface area (Å²) in [6.07, 6.45) is 6.35. The molecule has 3 aliphatic rings. The van der Waals surface area contributed by atoms with Crippen molar-refractivity contribution in [2.24, 2.45) is 0 Å². The van der Waals surface area contributed by atoms with E-state index in [1.54, 1.807) is 33.2 Å². The van der Waals surface area contributed by atoms with Crippen molar-refractivity contribution in [1.29, 1.82) is 0 Å². The molecule has 0 spiro atoms. The zero-order chi connectivity index (χ0) is 28.0. The lowest BCUT2D eigenvalue weighted by Crippen LogP contribution is -2.54. The summed E-state index contributed by atoms with van der Waals surface area (Å²) >= 11 is 5.94. The Morgan fingerprint density at radius 2 is 1.97 bits per heavy atom. The number of carbonyl (C=O) groups is 1. The molecule has 1 amide bonds. The van der Waals surface area contributed by atoms with Gasteiger partial charge in [-0.2, -0.15) is 4.98 Å². The number of piperidine rings is 1. The predicted octanol–water partition coefficient (Wildman–Crippen LogP) is 3.83. The van der Waals surface area contributed by atoms with Crippen LogP contribution < -0.4 is 15.5 Å². The summed E-state index contributed by atoms with van der Waals surface area (Å²) in [4.78, 5) is 33.4.